The van der Waals surface area contributed by atoms with Crippen molar-refractivity contribution in [2.75, 3.05) is 19.5 Å². The van der Waals surface area contributed by atoms with Gasteiger partial charge in [-0.1, -0.05) is 18.2 Å². The van der Waals surface area contributed by atoms with Gasteiger partial charge < -0.3 is 24.5 Å². The van der Waals surface area contributed by atoms with E-state index in [1.165, 1.54) is 19.4 Å². The highest BCUT2D eigenvalue weighted by molar-refractivity contribution is 7.80. The zero-order chi connectivity index (χ0) is 23.6. The van der Waals surface area contributed by atoms with Gasteiger partial charge in [0.15, 0.2) is 16.6 Å². The number of amides is 2. The summed E-state index contributed by atoms with van der Waals surface area (Å²) in [7, 11) is 3.09. The topological polar surface area (TPSA) is 102 Å². The maximum Gasteiger partial charge on any atom is 0.253 e. The van der Waals surface area contributed by atoms with Gasteiger partial charge in [0.25, 0.3) is 5.91 Å². The van der Waals surface area contributed by atoms with E-state index in [0.717, 1.165) is 5.56 Å². The molecule has 3 N–H and O–H groups in total. The first-order valence-corrected chi connectivity index (χ1v) is 10.3. The van der Waals surface area contributed by atoms with E-state index >= 15 is 0 Å². The fraction of sp³-hybridized carbons (Fsp3) is 0.125. The van der Waals surface area contributed by atoms with Crippen molar-refractivity contribution in [1.29, 1.82) is 0 Å². The Bertz CT molecular complexity index is 1160. The molecule has 0 saturated carbocycles. The number of hydrogen-bond acceptors (Lipinski definition) is 6. The summed E-state index contributed by atoms with van der Waals surface area (Å²) in [5.41, 5.74) is 1.59. The highest BCUT2D eigenvalue weighted by Gasteiger charge is 2.13. The molecule has 0 atom stereocenters. The van der Waals surface area contributed by atoms with Gasteiger partial charge in [0.2, 0.25) is 5.91 Å². The first kappa shape index (κ1) is 23.6. The number of hydrogen-bond donors (Lipinski definition) is 3. The predicted molar refractivity (Wildman–Crippen MR) is 129 cm³/mol. The molecule has 8 nitrogen and oxygen atoms in total. The fourth-order valence-corrected chi connectivity index (χ4v) is 3.11. The van der Waals surface area contributed by atoms with Crippen molar-refractivity contribution in [2.24, 2.45) is 0 Å². The summed E-state index contributed by atoms with van der Waals surface area (Å²) in [6.45, 7) is 0.252. The van der Waals surface area contributed by atoms with Crippen LogP contribution in [0.5, 0.6) is 11.5 Å². The van der Waals surface area contributed by atoms with E-state index in [2.05, 4.69) is 16.0 Å². The number of ether oxygens (including phenoxy) is 2. The van der Waals surface area contributed by atoms with Crippen molar-refractivity contribution in [3.8, 4) is 11.5 Å². The van der Waals surface area contributed by atoms with E-state index in [9.17, 15) is 9.59 Å². The van der Waals surface area contributed by atoms with Crippen LogP contribution in [0, 0.1) is 0 Å². The van der Waals surface area contributed by atoms with Gasteiger partial charge in [0.05, 0.1) is 38.3 Å². The third kappa shape index (κ3) is 6.68. The molecule has 3 rings (SSSR count). The molecule has 0 aliphatic rings. The van der Waals surface area contributed by atoms with Crippen LogP contribution in [0.1, 0.15) is 21.7 Å². The van der Waals surface area contributed by atoms with Crippen molar-refractivity contribution in [2.45, 2.75) is 6.54 Å². The second-order valence-electron chi connectivity index (χ2n) is 6.70. The monoisotopic (exact) mass is 465 g/mol. The third-order valence-corrected chi connectivity index (χ3v) is 4.70. The van der Waals surface area contributed by atoms with Crippen LogP contribution in [-0.4, -0.2) is 31.1 Å². The van der Waals surface area contributed by atoms with E-state index in [-0.39, 0.29) is 17.6 Å². The lowest BCUT2D eigenvalue weighted by Crippen LogP contribution is -2.33. The zero-order valence-corrected chi connectivity index (χ0v) is 18.9. The number of nitrogens with one attached hydrogen (secondary N) is 3. The molecule has 2 aromatic carbocycles. The molecule has 0 fully saturated rings. The second kappa shape index (κ2) is 11.5. The Kier molecular flexibility index (Phi) is 8.20. The summed E-state index contributed by atoms with van der Waals surface area (Å²) in [4.78, 5) is 24.8. The summed E-state index contributed by atoms with van der Waals surface area (Å²) in [5.74, 6) is 1.05. The van der Waals surface area contributed by atoms with Gasteiger partial charge in [-0.15, -0.1) is 0 Å². The maximum absolute atomic E-state index is 12.6. The van der Waals surface area contributed by atoms with Gasteiger partial charge in [-0.05, 0) is 60.3 Å². The Hall–Kier alpha value is -4.11. The average Bonchev–Trinajstić information content (AvgIpc) is 3.35. The Morgan fingerprint density at radius 2 is 1.82 bits per heavy atom. The highest BCUT2D eigenvalue weighted by atomic mass is 32.1. The number of para-hydroxylation sites is 1. The minimum absolute atomic E-state index is 0.0586. The van der Waals surface area contributed by atoms with Crippen molar-refractivity contribution >= 4 is 40.9 Å². The van der Waals surface area contributed by atoms with Crippen LogP contribution in [0.4, 0.5) is 5.69 Å². The van der Waals surface area contributed by atoms with Gasteiger partial charge in [-0.25, -0.2) is 0 Å². The predicted octanol–water partition coefficient (Wildman–Crippen LogP) is 3.75. The van der Waals surface area contributed by atoms with Crippen LogP contribution in [0.2, 0.25) is 0 Å². The minimum Gasteiger partial charge on any atom is -0.493 e. The molecule has 0 bridgehead atoms. The van der Waals surface area contributed by atoms with E-state index in [0.29, 0.717) is 28.5 Å². The largest absolute Gasteiger partial charge is 0.493 e. The minimum atomic E-state index is -0.429. The molecule has 1 heterocycles. The van der Waals surface area contributed by atoms with Crippen molar-refractivity contribution in [3.05, 3.63) is 83.8 Å². The molecule has 0 aliphatic heterocycles. The van der Waals surface area contributed by atoms with Crippen molar-refractivity contribution in [3.63, 3.8) is 0 Å². The third-order valence-electron chi connectivity index (χ3n) is 4.49. The number of thiocarbonyl (C=S) groups is 1. The zero-order valence-electron chi connectivity index (χ0n) is 18.1. The molecular formula is C24H23N3O5S. The molecule has 0 saturated heterocycles. The maximum atomic E-state index is 12.6. The van der Waals surface area contributed by atoms with E-state index in [4.69, 9.17) is 26.1 Å². The molecule has 1 aromatic heterocycles. The van der Waals surface area contributed by atoms with Gasteiger partial charge in [0, 0.05) is 6.08 Å². The molecule has 0 spiro atoms. The lowest BCUT2D eigenvalue weighted by Gasteiger charge is -2.12. The number of benzene rings is 2. The van der Waals surface area contributed by atoms with Crippen LogP contribution in [-0.2, 0) is 11.3 Å². The smallest absolute Gasteiger partial charge is 0.253 e. The molecule has 2 amide bonds. The Morgan fingerprint density at radius 3 is 2.55 bits per heavy atom. The molecule has 170 valence electrons. The summed E-state index contributed by atoms with van der Waals surface area (Å²) in [6.07, 6.45) is 4.50. The van der Waals surface area contributed by atoms with E-state index < -0.39 is 5.91 Å². The van der Waals surface area contributed by atoms with Gasteiger partial charge in [0.1, 0.15) is 5.76 Å². The standard InChI is InChI=1S/C24H23N3O5S/c1-30-20-11-9-16(14-21(20)31-2)10-12-22(28)27-24(33)26-19-8-4-3-7-18(19)23(29)25-15-17-6-5-13-32-17/h3-14H,15H2,1-2H3,(H,25,29)(H2,26,27,28,33). The van der Waals surface area contributed by atoms with Crippen molar-refractivity contribution < 1.29 is 23.5 Å². The number of rotatable bonds is 8. The van der Waals surface area contributed by atoms with Crippen LogP contribution in [0.15, 0.2) is 71.4 Å². The molecule has 0 radical (unpaired) electrons. The number of carbonyl (C=O) groups is 2. The first-order valence-electron chi connectivity index (χ1n) is 9.92. The highest BCUT2D eigenvalue weighted by Crippen LogP contribution is 2.27. The van der Waals surface area contributed by atoms with Crippen LogP contribution in [0.3, 0.4) is 0 Å². The fourth-order valence-electron chi connectivity index (χ4n) is 2.90. The van der Waals surface area contributed by atoms with Gasteiger partial charge in [-0.3, -0.25) is 14.9 Å². The number of methoxy groups -OCH3 is 2. The summed E-state index contributed by atoms with van der Waals surface area (Å²) in [5, 5.41) is 8.29. The second-order valence-corrected chi connectivity index (χ2v) is 7.11. The quantitative estimate of drug-likeness (QED) is 0.344. The lowest BCUT2D eigenvalue weighted by atomic mass is 10.1. The molecule has 3 aromatic rings. The Balaban J connectivity index is 1.58. The SMILES string of the molecule is COc1ccc(C=CC(=O)NC(=S)Nc2ccccc2C(=O)NCc2ccco2)cc1OC. The first-order chi connectivity index (χ1) is 16.0. The van der Waals surface area contributed by atoms with Crippen LogP contribution < -0.4 is 25.4 Å². The molecular weight excluding hydrogens is 442 g/mol. The van der Waals surface area contributed by atoms with Gasteiger partial charge >= 0.3 is 0 Å². The molecule has 0 unspecified atom stereocenters. The number of carbonyl (C=O) groups excluding carboxylic acids is 2. The Morgan fingerprint density at radius 1 is 1.03 bits per heavy atom. The van der Waals surface area contributed by atoms with Gasteiger partial charge in [-0.2, -0.15) is 0 Å². The normalized spacial score (nSPS) is 10.5. The summed E-state index contributed by atoms with van der Waals surface area (Å²) in [6, 6.07) is 15.6. The van der Waals surface area contributed by atoms with Crippen molar-refractivity contribution in [1.82, 2.24) is 10.6 Å². The number of anilines is 1. The molecule has 33 heavy (non-hydrogen) atoms. The number of furan rings is 1. The Labute approximate surface area is 196 Å². The summed E-state index contributed by atoms with van der Waals surface area (Å²) >= 11 is 5.23. The lowest BCUT2D eigenvalue weighted by molar-refractivity contribution is -0.115. The summed E-state index contributed by atoms with van der Waals surface area (Å²) < 4.78 is 15.7. The molecule has 9 heteroatoms. The van der Waals surface area contributed by atoms with E-state index in [1.807, 2.05) is 0 Å². The average molecular weight is 466 g/mol. The van der Waals surface area contributed by atoms with Crippen LogP contribution >= 0.6 is 12.2 Å². The molecule has 0 aliphatic carbocycles. The van der Waals surface area contributed by atoms with E-state index in [1.54, 1.807) is 67.8 Å². The van der Waals surface area contributed by atoms with Crippen LogP contribution in [0.25, 0.3) is 6.08 Å².